The highest BCUT2D eigenvalue weighted by Gasteiger charge is 2.17. The number of nitrogens with one attached hydrogen (secondary N) is 1. The Morgan fingerprint density at radius 3 is 1.53 bits per heavy atom. The molecular formula is C34H65NO3. The number of aliphatic hydroxyl groups is 2. The van der Waals surface area contributed by atoms with Gasteiger partial charge in [0.05, 0.1) is 18.8 Å². The van der Waals surface area contributed by atoms with E-state index < -0.39 is 12.1 Å². The van der Waals surface area contributed by atoms with Gasteiger partial charge in [0, 0.05) is 6.42 Å². The molecule has 0 aliphatic heterocycles. The van der Waals surface area contributed by atoms with Crippen LogP contribution in [0.3, 0.4) is 0 Å². The number of hydrogen-bond acceptors (Lipinski definition) is 3. The lowest BCUT2D eigenvalue weighted by molar-refractivity contribution is -0.123. The molecule has 0 saturated heterocycles. The molecule has 0 fully saturated rings. The molecule has 0 saturated carbocycles. The first-order valence-electron chi connectivity index (χ1n) is 16.6. The van der Waals surface area contributed by atoms with Gasteiger partial charge in [-0.05, 0) is 32.1 Å². The van der Waals surface area contributed by atoms with Crippen LogP contribution in [0, 0.1) is 0 Å². The van der Waals surface area contributed by atoms with E-state index in [0.717, 1.165) is 32.1 Å². The Morgan fingerprint density at radius 2 is 1.03 bits per heavy atom. The molecule has 0 bridgehead atoms. The van der Waals surface area contributed by atoms with Crippen LogP contribution in [-0.2, 0) is 4.79 Å². The van der Waals surface area contributed by atoms with Crippen LogP contribution in [0.5, 0.6) is 0 Å². The molecule has 0 aromatic heterocycles. The highest BCUT2D eigenvalue weighted by Crippen LogP contribution is 2.13. The lowest BCUT2D eigenvalue weighted by Crippen LogP contribution is -2.45. The van der Waals surface area contributed by atoms with Crippen LogP contribution in [0.4, 0.5) is 0 Å². The van der Waals surface area contributed by atoms with Gasteiger partial charge in [-0.2, -0.15) is 0 Å². The SMILES string of the molecule is CCCCCCCCC/C=C/CC/C=C/[C@H](O)[C@@H](CO)NC(=O)CCCCCCCCCCCCCCC. The summed E-state index contributed by atoms with van der Waals surface area (Å²) in [6.07, 6.45) is 36.8. The van der Waals surface area contributed by atoms with Gasteiger partial charge in [-0.25, -0.2) is 0 Å². The zero-order valence-electron chi connectivity index (χ0n) is 25.4. The third kappa shape index (κ3) is 26.5. The zero-order valence-corrected chi connectivity index (χ0v) is 25.4. The van der Waals surface area contributed by atoms with E-state index in [4.69, 9.17) is 0 Å². The van der Waals surface area contributed by atoms with Gasteiger partial charge in [-0.15, -0.1) is 0 Å². The fourth-order valence-corrected chi connectivity index (χ4v) is 4.84. The fraction of sp³-hybridized carbons (Fsp3) is 0.853. The standard InChI is InChI=1S/C34H65NO3/c1-3-5-7-9-11-13-15-17-19-21-23-25-27-29-33(37)32(31-36)35-34(38)30-28-26-24-22-20-18-16-14-12-10-8-6-4-2/h19,21,27,29,32-33,36-37H,3-18,20,22-26,28,30-31H2,1-2H3,(H,35,38)/b21-19+,29-27+/t32-,33+/m1/s1. The van der Waals surface area contributed by atoms with E-state index in [1.54, 1.807) is 6.08 Å². The first kappa shape index (κ1) is 36.9. The highest BCUT2D eigenvalue weighted by molar-refractivity contribution is 5.76. The van der Waals surface area contributed by atoms with E-state index in [1.165, 1.54) is 116 Å². The molecule has 0 aliphatic rings. The van der Waals surface area contributed by atoms with E-state index in [0.29, 0.717) is 6.42 Å². The smallest absolute Gasteiger partial charge is 0.220 e. The molecule has 4 heteroatoms. The fourth-order valence-electron chi connectivity index (χ4n) is 4.84. The van der Waals surface area contributed by atoms with E-state index in [2.05, 4.69) is 31.3 Å². The summed E-state index contributed by atoms with van der Waals surface area (Å²) < 4.78 is 0. The summed E-state index contributed by atoms with van der Waals surface area (Å²) in [7, 11) is 0. The molecule has 0 rings (SSSR count). The number of rotatable bonds is 29. The maximum atomic E-state index is 12.2. The van der Waals surface area contributed by atoms with Gasteiger partial charge in [0.15, 0.2) is 0 Å². The molecule has 0 unspecified atom stereocenters. The van der Waals surface area contributed by atoms with Crippen LogP contribution in [0.25, 0.3) is 0 Å². The first-order chi connectivity index (χ1) is 18.7. The number of allylic oxidation sites excluding steroid dienone is 3. The molecule has 0 aliphatic carbocycles. The normalized spacial score (nSPS) is 13.5. The van der Waals surface area contributed by atoms with E-state index in [1.807, 2.05) is 6.08 Å². The number of carbonyl (C=O) groups is 1. The molecule has 38 heavy (non-hydrogen) atoms. The van der Waals surface area contributed by atoms with Crippen LogP contribution in [-0.4, -0.2) is 34.9 Å². The number of carbonyl (C=O) groups excluding carboxylic acids is 1. The second-order valence-corrected chi connectivity index (χ2v) is 11.2. The van der Waals surface area contributed by atoms with Gasteiger partial charge in [0.25, 0.3) is 0 Å². The molecule has 0 aromatic rings. The lowest BCUT2D eigenvalue weighted by atomic mass is 10.0. The third-order valence-electron chi connectivity index (χ3n) is 7.44. The second-order valence-electron chi connectivity index (χ2n) is 11.2. The minimum Gasteiger partial charge on any atom is -0.394 e. The van der Waals surface area contributed by atoms with Crippen molar-refractivity contribution in [3.63, 3.8) is 0 Å². The summed E-state index contributed by atoms with van der Waals surface area (Å²) in [6, 6.07) is -0.631. The Kier molecular flexibility index (Phi) is 29.5. The molecule has 0 aromatic carbocycles. The van der Waals surface area contributed by atoms with Gasteiger partial charge >= 0.3 is 0 Å². The summed E-state index contributed by atoms with van der Waals surface area (Å²) in [4.78, 5) is 12.2. The monoisotopic (exact) mass is 535 g/mol. The molecular weight excluding hydrogens is 470 g/mol. The number of aliphatic hydroxyl groups excluding tert-OH is 2. The first-order valence-corrected chi connectivity index (χ1v) is 16.6. The molecule has 0 heterocycles. The van der Waals surface area contributed by atoms with Crippen LogP contribution in [0.2, 0.25) is 0 Å². The van der Waals surface area contributed by atoms with Crippen LogP contribution < -0.4 is 5.32 Å². The van der Waals surface area contributed by atoms with E-state index >= 15 is 0 Å². The van der Waals surface area contributed by atoms with Crippen molar-refractivity contribution in [2.45, 2.75) is 180 Å². The number of amides is 1. The minimum absolute atomic E-state index is 0.0760. The topological polar surface area (TPSA) is 69.6 Å². The molecule has 2 atom stereocenters. The summed E-state index contributed by atoms with van der Waals surface area (Å²) in [5, 5.41) is 22.8. The third-order valence-corrected chi connectivity index (χ3v) is 7.44. The average molecular weight is 536 g/mol. The summed E-state index contributed by atoms with van der Waals surface area (Å²) in [5.41, 5.74) is 0. The van der Waals surface area contributed by atoms with E-state index in [-0.39, 0.29) is 12.5 Å². The molecule has 224 valence electrons. The van der Waals surface area contributed by atoms with Gasteiger partial charge in [-0.3, -0.25) is 4.79 Å². The Hall–Kier alpha value is -1.13. The average Bonchev–Trinajstić information content (AvgIpc) is 2.92. The Morgan fingerprint density at radius 1 is 0.605 bits per heavy atom. The van der Waals surface area contributed by atoms with Gasteiger partial charge in [0.2, 0.25) is 5.91 Å². The van der Waals surface area contributed by atoms with Crippen molar-refractivity contribution in [2.75, 3.05) is 6.61 Å². The lowest BCUT2D eigenvalue weighted by Gasteiger charge is -2.19. The second kappa shape index (κ2) is 30.4. The molecule has 1 amide bonds. The molecule has 3 N–H and O–H groups in total. The highest BCUT2D eigenvalue weighted by atomic mass is 16.3. The zero-order chi connectivity index (χ0) is 27.9. The van der Waals surface area contributed by atoms with Crippen molar-refractivity contribution in [1.82, 2.24) is 5.32 Å². The van der Waals surface area contributed by atoms with Crippen molar-refractivity contribution in [1.29, 1.82) is 0 Å². The predicted molar refractivity (Wildman–Crippen MR) is 165 cm³/mol. The van der Waals surface area contributed by atoms with Crippen molar-refractivity contribution in [2.24, 2.45) is 0 Å². The predicted octanol–water partition coefficient (Wildman–Crippen LogP) is 9.34. The maximum Gasteiger partial charge on any atom is 0.220 e. The maximum absolute atomic E-state index is 12.2. The van der Waals surface area contributed by atoms with Crippen LogP contribution in [0.1, 0.15) is 168 Å². The van der Waals surface area contributed by atoms with Crippen molar-refractivity contribution in [3.8, 4) is 0 Å². The quantitative estimate of drug-likeness (QED) is 0.0660. The van der Waals surface area contributed by atoms with Gasteiger partial charge in [-0.1, -0.05) is 154 Å². The molecule has 0 spiro atoms. The summed E-state index contributed by atoms with van der Waals surface area (Å²) in [5.74, 6) is -0.0760. The molecule has 0 radical (unpaired) electrons. The Balaban J connectivity index is 3.70. The Bertz CT molecular complexity index is 546. The van der Waals surface area contributed by atoms with E-state index in [9.17, 15) is 15.0 Å². The Labute approximate surface area is 237 Å². The van der Waals surface area contributed by atoms with Crippen molar-refractivity contribution in [3.05, 3.63) is 24.3 Å². The summed E-state index contributed by atoms with van der Waals surface area (Å²) >= 11 is 0. The number of hydrogen-bond donors (Lipinski definition) is 3. The van der Waals surface area contributed by atoms with Crippen LogP contribution >= 0.6 is 0 Å². The van der Waals surface area contributed by atoms with Crippen molar-refractivity contribution >= 4 is 5.91 Å². The molecule has 4 nitrogen and oxygen atoms in total. The van der Waals surface area contributed by atoms with Crippen LogP contribution in [0.15, 0.2) is 24.3 Å². The number of unbranched alkanes of at least 4 members (excludes halogenated alkanes) is 20. The van der Waals surface area contributed by atoms with Crippen molar-refractivity contribution < 1.29 is 15.0 Å². The minimum atomic E-state index is -0.854. The van der Waals surface area contributed by atoms with Gasteiger partial charge in [0.1, 0.15) is 0 Å². The largest absolute Gasteiger partial charge is 0.394 e. The van der Waals surface area contributed by atoms with Gasteiger partial charge < -0.3 is 15.5 Å². The summed E-state index contributed by atoms with van der Waals surface area (Å²) in [6.45, 7) is 4.26.